The van der Waals surface area contributed by atoms with Gasteiger partial charge in [0.15, 0.2) is 0 Å². The summed E-state index contributed by atoms with van der Waals surface area (Å²) in [5.41, 5.74) is 0.846. The molecule has 0 unspecified atom stereocenters. The zero-order valence-corrected chi connectivity index (χ0v) is 10.6. The Morgan fingerprint density at radius 3 is 2.67 bits per heavy atom. The summed E-state index contributed by atoms with van der Waals surface area (Å²) in [6, 6.07) is 4.80. The van der Waals surface area contributed by atoms with E-state index in [1.807, 2.05) is 20.8 Å². The van der Waals surface area contributed by atoms with E-state index in [2.05, 4.69) is 15.3 Å². The van der Waals surface area contributed by atoms with E-state index in [-0.39, 0.29) is 11.1 Å². The third-order valence-corrected chi connectivity index (χ3v) is 2.31. The van der Waals surface area contributed by atoms with Crippen molar-refractivity contribution in [3.05, 3.63) is 30.0 Å². The molecule has 1 aromatic heterocycles. The molecule has 0 saturated heterocycles. The lowest BCUT2D eigenvalue weighted by molar-refractivity contribution is 0.0697. The number of hydrogen-bond donors (Lipinski definition) is 2. The van der Waals surface area contributed by atoms with Crippen LogP contribution in [0.5, 0.6) is 0 Å². The van der Waals surface area contributed by atoms with E-state index in [0.29, 0.717) is 11.3 Å². The third-order valence-electron chi connectivity index (χ3n) is 2.31. The van der Waals surface area contributed by atoms with Crippen LogP contribution in [0.1, 0.15) is 31.1 Å². The van der Waals surface area contributed by atoms with Crippen LogP contribution in [-0.2, 0) is 0 Å². The van der Waals surface area contributed by atoms with E-state index in [0.717, 1.165) is 5.52 Å². The van der Waals surface area contributed by atoms with Crippen LogP contribution >= 0.6 is 0 Å². The normalized spacial score (nSPS) is 11.5. The molecule has 0 spiro atoms. The van der Waals surface area contributed by atoms with Crippen LogP contribution in [0.4, 0.5) is 5.95 Å². The maximum atomic E-state index is 10.8. The molecule has 0 bridgehead atoms. The van der Waals surface area contributed by atoms with Crippen molar-refractivity contribution >= 4 is 22.8 Å². The Morgan fingerprint density at radius 2 is 2.06 bits per heavy atom. The first-order chi connectivity index (χ1) is 8.35. The fourth-order valence-electron chi connectivity index (χ4n) is 1.56. The lowest BCUT2D eigenvalue weighted by Crippen LogP contribution is -2.27. The Bertz CT molecular complexity index is 603. The molecular weight excluding hydrogens is 230 g/mol. The molecule has 0 amide bonds. The minimum atomic E-state index is -0.950. The van der Waals surface area contributed by atoms with Crippen molar-refractivity contribution < 1.29 is 9.90 Å². The first kappa shape index (κ1) is 12.3. The SMILES string of the molecule is CC(C)(C)Nc1ncc2cc(C(=O)O)ccc2n1. The molecule has 0 saturated carbocycles. The van der Waals surface area contributed by atoms with Gasteiger partial charge in [0.25, 0.3) is 0 Å². The fraction of sp³-hybridized carbons (Fsp3) is 0.308. The predicted molar refractivity (Wildman–Crippen MR) is 69.9 cm³/mol. The maximum absolute atomic E-state index is 10.8. The van der Waals surface area contributed by atoms with Gasteiger partial charge in [0.05, 0.1) is 11.1 Å². The molecule has 5 nitrogen and oxygen atoms in total. The van der Waals surface area contributed by atoms with Crippen molar-refractivity contribution in [2.75, 3.05) is 5.32 Å². The van der Waals surface area contributed by atoms with Gasteiger partial charge in [-0.1, -0.05) is 0 Å². The van der Waals surface area contributed by atoms with E-state index in [1.54, 1.807) is 24.4 Å². The lowest BCUT2D eigenvalue weighted by atomic mass is 10.1. The number of carboxylic acids is 1. The van der Waals surface area contributed by atoms with Crippen LogP contribution in [0, 0.1) is 0 Å². The number of carbonyl (C=O) groups is 1. The zero-order chi connectivity index (χ0) is 13.3. The molecule has 0 atom stereocenters. The number of aromatic carboxylic acids is 1. The molecule has 0 aliphatic rings. The van der Waals surface area contributed by atoms with Gasteiger partial charge in [-0.25, -0.2) is 14.8 Å². The van der Waals surface area contributed by atoms with Crippen LogP contribution in [0.3, 0.4) is 0 Å². The average molecular weight is 245 g/mol. The van der Waals surface area contributed by atoms with Gasteiger partial charge in [-0.3, -0.25) is 0 Å². The molecule has 0 aliphatic heterocycles. The predicted octanol–water partition coefficient (Wildman–Crippen LogP) is 2.54. The van der Waals surface area contributed by atoms with Crippen LogP contribution < -0.4 is 5.32 Å². The van der Waals surface area contributed by atoms with Gasteiger partial charge in [-0.15, -0.1) is 0 Å². The quantitative estimate of drug-likeness (QED) is 0.850. The van der Waals surface area contributed by atoms with Gasteiger partial charge >= 0.3 is 5.97 Å². The molecule has 2 aromatic rings. The van der Waals surface area contributed by atoms with E-state index >= 15 is 0 Å². The minimum Gasteiger partial charge on any atom is -0.478 e. The number of nitrogens with zero attached hydrogens (tertiary/aromatic N) is 2. The van der Waals surface area contributed by atoms with Gasteiger partial charge in [0, 0.05) is 17.1 Å². The van der Waals surface area contributed by atoms with Gasteiger partial charge < -0.3 is 10.4 Å². The second-order valence-corrected chi connectivity index (χ2v) is 5.15. The summed E-state index contributed by atoms with van der Waals surface area (Å²) < 4.78 is 0. The minimum absolute atomic E-state index is 0.116. The van der Waals surface area contributed by atoms with Crippen LogP contribution in [0.2, 0.25) is 0 Å². The topological polar surface area (TPSA) is 75.1 Å². The highest BCUT2D eigenvalue weighted by Gasteiger charge is 2.12. The summed E-state index contributed by atoms with van der Waals surface area (Å²) in [5, 5.41) is 12.8. The first-order valence-corrected chi connectivity index (χ1v) is 5.63. The number of hydrogen-bond acceptors (Lipinski definition) is 4. The number of carboxylic acid groups (broad SMARTS) is 1. The van der Waals surface area contributed by atoms with Crippen molar-refractivity contribution in [3.63, 3.8) is 0 Å². The second kappa shape index (κ2) is 4.25. The molecule has 2 N–H and O–H groups in total. The Labute approximate surface area is 105 Å². The Hall–Kier alpha value is -2.17. The van der Waals surface area contributed by atoms with Crippen molar-refractivity contribution in [1.82, 2.24) is 9.97 Å². The van der Waals surface area contributed by atoms with E-state index in [4.69, 9.17) is 5.11 Å². The van der Waals surface area contributed by atoms with E-state index in [9.17, 15) is 4.79 Å². The van der Waals surface area contributed by atoms with Crippen molar-refractivity contribution in [2.24, 2.45) is 0 Å². The summed E-state index contributed by atoms with van der Waals surface area (Å²) in [6.07, 6.45) is 1.63. The first-order valence-electron chi connectivity index (χ1n) is 5.63. The van der Waals surface area contributed by atoms with E-state index < -0.39 is 5.97 Å². The molecule has 0 aliphatic carbocycles. The Morgan fingerprint density at radius 1 is 1.33 bits per heavy atom. The number of nitrogens with one attached hydrogen (secondary N) is 1. The number of anilines is 1. The second-order valence-electron chi connectivity index (χ2n) is 5.15. The molecule has 0 fully saturated rings. The van der Waals surface area contributed by atoms with Gasteiger partial charge in [0.1, 0.15) is 0 Å². The number of rotatable bonds is 2. The molecular formula is C13H15N3O2. The zero-order valence-electron chi connectivity index (χ0n) is 10.6. The highest BCUT2D eigenvalue weighted by Crippen LogP contribution is 2.17. The summed E-state index contributed by atoms with van der Waals surface area (Å²) in [6.45, 7) is 6.07. The van der Waals surface area contributed by atoms with Gasteiger partial charge in [-0.05, 0) is 39.0 Å². The average Bonchev–Trinajstić information content (AvgIpc) is 2.26. The maximum Gasteiger partial charge on any atom is 0.335 e. The van der Waals surface area contributed by atoms with Crippen molar-refractivity contribution in [3.8, 4) is 0 Å². The Balaban J connectivity index is 2.41. The number of benzene rings is 1. The van der Waals surface area contributed by atoms with Crippen LogP contribution in [0.25, 0.3) is 10.9 Å². The van der Waals surface area contributed by atoms with Crippen LogP contribution in [0.15, 0.2) is 24.4 Å². The number of fused-ring (bicyclic) bond motifs is 1. The smallest absolute Gasteiger partial charge is 0.335 e. The number of aromatic nitrogens is 2. The molecule has 94 valence electrons. The van der Waals surface area contributed by atoms with E-state index in [1.165, 1.54) is 0 Å². The van der Waals surface area contributed by atoms with Crippen molar-refractivity contribution in [1.29, 1.82) is 0 Å². The monoisotopic (exact) mass is 245 g/mol. The lowest BCUT2D eigenvalue weighted by Gasteiger charge is -2.20. The molecule has 1 aromatic carbocycles. The molecule has 18 heavy (non-hydrogen) atoms. The summed E-state index contributed by atoms with van der Waals surface area (Å²) >= 11 is 0. The van der Waals surface area contributed by atoms with Crippen LogP contribution in [-0.4, -0.2) is 26.6 Å². The molecule has 1 heterocycles. The third kappa shape index (κ3) is 2.74. The standard InChI is InChI=1S/C13H15N3O2/c1-13(2,3)16-12-14-7-9-6-8(11(17)18)4-5-10(9)15-12/h4-7H,1-3H3,(H,17,18)(H,14,15,16). The summed E-state index contributed by atoms with van der Waals surface area (Å²) in [4.78, 5) is 19.4. The molecule has 2 rings (SSSR count). The summed E-state index contributed by atoms with van der Waals surface area (Å²) in [5.74, 6) is -0.410. The van der Waals surface area contributed by atoms with Gasteiger partial charge in [-0.2, -0.15) is 0 Å². The molecule has 5 heteroatoms. The summed E-state index contributed by atoms with van der Waals surface area (Å²) in [7, 11) is 0. The highest BCUT2D eigenvalue weighted by molar-refractivity contribution is 5.93. The van der Waals surface area contributed by atoms with Crippen molar-refractivity contribution in [2.45, 2.75) is 26.3 Å². The largest absolute Gasteiger partial charge is 0.478 e. The molecule has 0 radical (unpaired) electrons. The Kier molecular flexibility index (Phi) is 2.90. The highest BCUT2D eigenvalue weighted by atomic mass is 16.4. The van der Waals surface area contributed by atoms with Gasteiger partial charge in [0.2, 0.25) is 5.95 Å². The fourth-order valence-corrected chi connectivity index (χ4v) is 1.56.